The molecule has 0 aliphatic carbocycles. The fourth-order valence-electron chi connectivity index (χ4n) is 4.78. The first-order chi connectivity index (χ1) is 15.7. The van der Waals surface area contributed by atoms with Crippen molar-refractivity contribution < 1.29 is 9.53 Å². The summed E-state index contributed by atoms with van der Waals surface area (Å²) in [7, 11) is 0. The molecule has 0 radical (unpaired) electrons. The SMILES string of the molecule is CCCCCCCc1ccc(-c2ccc([C@H]3C[C@@H](CCCCCCC)OC3=O)cc2)cc1. The van der Waals surface area contributed by atoms with Gasteiger partial charge < -0.3 is 4.74 Å². The Balaban J connectivity index is 1.48. The summed E-state index contributed by atoms with van der Waals surface area (Å²) in [6, 6.07) is 17.5. The molecular formula is C30H42O2. The van der Waals surface area contributed by atoms with Crippen molar-refractivity contribution in [1.29, 1.82) is 0 Å². The Hall–Kier alpha value is -2.09. The number of benzene rings is 2. The van der Waals surface area contributed by atoms with E-state index in [4.69, 9.17) is 4.74 Å². The average molecular weight is 435 g/mol. The number of ether oxygens (including phenoxy) is 1. The number of hydrogen-bond donors (Lipinski definition) is 0. The van der Waals surface area contributed by atoms with Crippen LogP contribution in [0.4, 0.5) is 0 Å². The minimum absolute atomic E-state index is 0.0420. The predicted octanol–water partition coefficient (Wildman–Crippen LogP) is 8.63. The number of rotatable bonds is 14. The quantitative estimate of drug-likeness (QED) is 0.220. The van der Waals surface area contributed by atoms with Gasteiger partial charge in [0.15, 0.2) is 0 Å². The number of carbonyl (C=O) groups is 1. The smallest absolute Gasteiger partial charge is 0.313 e. The average Bonchev–Trinajstić information content (AvgIpc) is 3.19. The van der Waals surface area contributed by atoms with Crippen LogP contribution in [-0.4, -0.2) is 12.1 Å². The largest absolute Gasteiger partial charge is 0.462 e. The van der Waals surface area contributed by atoms with Gasteiger partial charge in [0, 0.05) is 6.42 Å². The molecule has 2 aromatic rings. The van der Waals surface area contributed by atoms with E-state index in [1.807, 2.05) is 0 Å². The first-order valence-electron chi connectivity index (χ1n) is 13.1. The van der Waals surface area contributed by atoms with Crippen molar-refractivity contribution in [3.05, 3.63) is 59.7 Å². The van der Waals surface area contributed by atoms with Crippen LogP contribution in [0.15, 0.2) is 48.5 Å². The van der Waals surface area contributed by atoms with E-state index in [2.05, 4.69) is 62.4 Å². The normalized spacial score (nSPS) is 18.1. The number of hydrogen-bond acceptors (Lipinski definition) is 2. The van der Waals surface area contributed by atoms with E-state index >= 15 is 0 Å². The lowest BCUT2D eigenvalue weighted by Gasteiger charge is -2.09. The number of carbonyl (C=O) groups excluding carboxylic acids is 1. The second-order valence-electron chi connectivity index (χ2n) is 9.53. The molecule has 0 N–H and O–H groups in total. The number of unbranched alkanes of at least 4 members (excludes halogenated alkanes) is 8. The third-order valence-electron chi connectivity index (χ3n) is 6.86. The summed E-state index contributed by atoms with van der Waals surface area (Å²) >= 11 is 0. The molecule has 1 saturated heterocycles. The molecule has 2 heteroatoms. The molecule has 0 amide bonds. The third-order valence-corrected chi connectivity index (χ3v) is 6.86. The molecule has 0 spiro atoms. The zero-order chi connectivity index (χ0) is 22.6. The van der Waals surface area contributed by atoms with Crippen LogP contribution in [0, 0.1) is 0 Å². The van der Waals surface area contributed by atoms with Gasteiger partial charge in [-0.25, -0.2) is 0 Å². The van der Waals surface area contributed by atoms with Crippen molar-refractivity contribution >= 4 is 5.97 Å². The van der Waals surface area contributed by atoms with Crippen molar-refractivity contribution in [3.8, 4) is 11.1 Å². The molecule has 1 fully saturated rings. The van der Waals surface area contributed by atoms with Crippen molar-refractivity contribution in [1.82, 2.24) is 0 Å². The van der Waals surface area contributed by atoms with Gasteiger partial charge in [0.1, 0.15) is 6.10 Å². The van der Waals surface area contributed by atoms with Crippen molar-refractivity contribution in [2.45, 2.75) is 109 Å². The van der Waals surface area contributed by atoms with Gasteiger partial charge in [-0.15, -0.1) is 0 Å². The van der Waals surface area contributed by atoms with Gasteiger partial charge in [-0.3, -0.25) is 4.79 Å². The number of aryl methyl sites for hydroxylation is 1. The summed E-state index contributed by atoms with van der Waals surface area (Å²) < 4.78 is 5.68. The maximum absolute atomic E-state index is 12.4. The van der Waals surface area contributed by atoms with Crippen LogP contribution in [0.3, 0.4) is 0 Å². The van der Waals surface area contributed by atoms with Crippen LogP contribution < -0.4 is 0 Å². The monoisotopic (exact) mass is 434 g/mol. The van der Waals surface area contributed by atoms with Crippen LogP contribution >= 0.6 is 0 Å². The summed E-state index contributed by atoms with van der Waals surface area (Å²) in [4.78, 5) is 12.4. The van der Waals surface area contributed by atoms with Crippen molar-refractivity contribution in [3.63, 3.8) is 0 Å². The second-order valence-corrected chi connectivity index (χ2v) is 9.53. The highest BCUT2D eigenvalue weighted by Gasteiger charge is 2.35. The Morgan fingerprint density at radius 2 is 1.28 bits per heavy atom. The zero-order valence-corrected chi connectivity index (χ0v) is 20.3. The van der Waals surface area contributed by atoms with Crippen LogP contribution in [-0.2, 0) is 16.0 Å². The van der Waals surface area contributed by atoms with E-state index in [1.165, 1.54) is 87.3 Å². The van der Waals surface area contributed by atoms with E-state index in [0.29, 0.717) is 0 Å². The van der Waals surface area contributed by atoms with Crippen LogP contribution in [0.5, 0.6) is 0 Å². The fourth-order valence-corrected chi connectivity index (χ4v) is 4.78. The van der Waals surface area contributed by atoms with Gasteiger partial charge >= 0.3 is 5.97 Å². The van der Waals surface area contributed by atoms with Gasteiger partial charge in [-0.1, -0.05) is 114 Å². The summed E-state index contributed by atoms with van der Waals surface area (Å²) in [5, 5.41) is 0. The molecule has 1 aliphatic rings. The molecule has 2 aromatic carbocycles. The molecule has 2 atom stereocenters. The molecule has 0 aromatic heterocycles. The van der Waals surface area contributed by atoms with E-state index < -0.39 is 0 Å². The highest BCUT2D eigenvalue weighted by atomic mass is 16.5. The van der Waals surface area contributed by atoms with Crippen LogP contribution in [0.25, 0.3) is 11.1 Å². The second kappa shape index (κ2) is 13.5. The third kappa shape index (κ3) is 7.50. The maximum atomic E-state index is 12.4. The first-order valence-corrected chi connectivity index (χ1v) is 13.1. The summed E-state index contributed by atoms with van der Waals surface area (Å²) in [6.45, 7) is 4.50. The molecule has 174 valence electrons. The Bertz CT molecular complexity index is 791. The summed E-state index contributed by atoms with van der Waals surface area (Å²) in [5.74, 6) is -0.139. The Labute approximate surface area is 195 Å². The topological polar surface area (TPSA) is 26.3 Å². The molecule has 0 unspecified atom stereocenters. The van der Waals surface area contributed by atoms with Gasteiger partial charge in [-0.2, -0.15) is 0 Å². The summed E-state index contributed by atoms with van der Waals surface area (Å²) in [6.07, 6.45) is 16.0. The minimum Gasteiger partial charge on any atom is -0.462 e. The minimum atomic E-state index is -0.0974. The highest BCUT2D eigenvalue weighted by molar-refractivity contribution is 5.80. The van der Waals surface area contributed by atoms with Crippen LogP contribution in [0.2, 0.25) is 0 Å². The molecule has 0 saturated carbocycles. The Morgan fingerprint density at radius 3 is 1.91 bits per heavy atom. The Morgan fingerprint density at radius 1 is 0.719 bits per heavy atom. The first kappa shape index (κ1) is 24.6. The van der Waals surface area contributed by atoms with Crippen molar-refractivity contribution in [2.75, 3.05) is 0 Å². The summed E-state index contributed by atoms with van der Waals surface area (Å²) in [5.41, 5.74) is 4.97. The molecule has 1 heterocycles. The van der Waals surface area contributed by atoms with E-state index in [0.717, 1.165) is 18.4 Å². The maximum Gasteiger partial charge on any atom is 0.313 e. The van der Waals surface area contributed by atoms with E-state index in [1.54, 1.807) is 0 Å². The molecule has 32 heavy (non-hydrogen) atoms. The molecule has 2 nitrogen and oxygen atoms in total. The fraction of sp³-hybridized carbons (Fsp3) is 0.567. The van der Waals surface area contributed by atoms with Gasteiger partial charge in [-0.05, 0) is 47.9 Å². The molecule has 3 rings (SSSR count). The zero-order valence-electron chi connectivity index (χ0n) is 20.3. The highest BCUT2D eigenvalue weighted by Crippen LogP contribution is 2.34. The van der Waals surface area contributed by atoms with E-state index in [9.17, 15) is 4.79 Å². The lowest BCUT2D eigenvalue weighted by atomic mass is 9.92. The predicted molar refractivity (Wildman–Crippen MR) is 135 cm³/mol. The molecule has 0 bridgehead atoms. The van der Waals surface area contributed by atoms with Gasteiger partial charge in [0.2, 0.25) is 0 Å². The van der Waals surface area contributed by atoms with Crippen LogP contribution in [0.1, 0.15) is 108 Å². The van der Waals surface area contributed by atoms with Crippen molar-refractivity contribution in [2.24, 2.45) is 0 Å². The van der Waals surface area contributed by atoms with E-state index in [-0.39, 0.29) is 18.0 Å². The lowest BCUT2D eigenvalue weighted by Crippen LogP contribution is -2.06. The van der Waals surface area contributed by atoms with Gasteiger partial charge in [0.25, 0.3) is 0 Å². The molecule has 1 aliphatic heterocycles. The Kier molecular flexibility index (Phi) is 10.3. The standard InChI is InChI=1S/C30H42O2/c1-3-5-7-9-11-13-24-15-17-25(18-16-24)26-19-21-27(22-20-26)29-23-28(32-30(29)31)14-12-10-8-6-4-2/h15-22,28-29H,3-14,23H2,1-2H3/t28-,29-/m1/s1. The number of cyclic esters (lactones) is 1. The van der Waals surface area contributed by atoms with Gasteiger partial charge in [0.05, 0.1) is 5.92 Å². The number of esters is 1. The molecular weight excluding hydrogens is 392 g/mol. The lowest BCUT2D eigenvalue weighted by molar-refractivity contribution is -0.142.